The average Bonchev–Trinajstić information content (AvgIpc) is 2.72. The van der Waals surface area contributed by atoms with Gasteiger partial charge < -0.3 is 10.6 Å². The molecule has 32 heavy (non-hydrogen) atoms. The number of carbonyl (C=O) groups excluding carboxylic acids is 2. The molecule has 0 heterocycles. The van der Waals surface area contributed by atoms with Crippen LogP contribution in [0.15, 0.2) is 65.6 Å². The third kappa shape index (κ3) is 6.09. The molecule has 0 aliphatic rings. The molecule has 2 N–H and O–H groups in total. The maximum Gasteiger partial charge on any atom is 0.255 e. The van der Waals surface area contributed by atoms with Gasteiger partial charge in [-0.05, 0) is 66.6 Å². The van der Waals surface area contributed by atoms with Crippen molar-refractivity contribution < 1.29 is 18.0 Å². The summed E-state index contributed by atoms with van der Waals surface area (Å²) < 4.78 is 23.4. The SMILES string of the molecule is Cc1cc(NC(=O)Cc2ccc(Cl)c(Cl)c2)ccc1NC(=O)c1cccc(S(C)(=O)=O)c1. The molecule has 0 spiro atoms. The lowest BCUT2D eigenvalue weighted by molar-refractivity contribution is -0.115. The molecule has 3 aromatic carbocycles. The third-order valence-electron chi connectivity index (χ3n) is 4.63. The number of amides is 2. The molecule has 0 bridgehead atoms. The van der Waals surface area contributed by atoms with Crippen LogP contribution in [0.1, 0.15) is 21.5 Å². The average molecular weight is 491 g/mol. The van der Waals surface area contributed by atoms with Gasteiger partial charge in [0.25, 0.3) is 5.91 Å². The molecule has 3 aromatic rings. The summed E-state index contributed by atoms with van der Waals surface area (Å²) >= 11 is 11.9. The van der Waals surface area contributed by atoms with Gasteiger partial charge in [0.2, 0.25) is 5.91 Å². The van der Waals surface area contributed by atoms with Crippen LogP contribution in [0, 0.1) is 6.92 Å². The lowest BCUT2D eigenvalue weighted by atomic mass is 10.1. The molecule has 0 atom stereocenters. The van der Waals surface area contributed by atoms with E-state index in [-0.39, 0.29) is 22.8 Å². The molecule has 0 saturated carbocycles. The predicted molar refractivity (Wildman–Crippen MR) is 127 cm³/mol. The zero-order valence-corrected chi connectivity index (χ0v) is 19.6. The van der Waals surface area contributed by atoms with Crippen LogP contribution in [-0.2, 0) is 21.1 Å². The highest BCUT2D eigenvalue weighted by molar-refractivity contribution is 7.90. The first-order chi connectivity index (χ1) is 15.0. The van der Waals surface area contributed by atoms with Crippen molar-refractivity contribution in [3.63, 3.8) is 0 Å². The number of hydrogen-bond donors (Lipinski definition) is 2. The fourth-order valence-electron chi connectivity index (χ4n) is 2.98. The second-order valence-electron chi connectivity index (χ2n) is 7.26. The second kappa shape index (κ2) is 9.73. The number of hydrogen-bond acceptors (Lipinski definition) is 4. The summed E-state index contributed by atoms with van der Waals surface area (Å²) in [5.41, 5.74) is 2.80. The van der Waals surface area contributed by atoms with E-state index in [1.165, 1.54) is 24.3 Å². The lowest BCUT2D eigenvalue weighted by Gasteiger charge is -2.12. The summed E-state index contributed by atoms with van der Waals surface area (Å²) in [4.78, 5) is 25.0. The molecule has 0 aromatic heterocycles. The molecule has 2 amide bonds. The van der Waals surface area contributed by atoms with E-state index < -0.39 is 15.7 Å². The smallest absolute Gasteiger partial charge is 0.255 e. The van der Waals surface area contributed by atoms with Gasteiger partial charge >= 0.3 is 0 Å². The number of halogens is 2. The number of anilines is 2. The summed E-state index contributed by atoms with van der Waals surface area (Å²) in [6.45, 7) is 1.79. The van der Waals surface area contributed by atoms with Crippen LogP contribution in [0.25, 0.3) is 0 Å². The van der Waals surface area contributed by atoms with Gasteiger partial charge in [-0.3, -0.25) is 9.59 Å². The minimum Gasteiger partial charge on any atom is -0.326 e. The van der Waals surface area contributed by atoms with E-state index in [4.69, 9.17) is 23.2 Å². The van der Waals surface area contributed by atoms with Gasteiger partial charge in [-0.15, -0.1) is 0 Å². The van der Waals surface area contributed by atoms with Crippen molar-refractivity contribution in [2.24, 2.45) is 0 Å². The van der Waals surface area contributed by atoms with Crippen molar-refractivity contribution in [2.45, 2.75) is 18.2 Å². The highest BCUT2D eigenvalue weighted by Crippen LogP contribution is 2.24. The second-order valence-corrected chi connectivity index (χ2v) is 10.1. The topological polar surface area (TPSA) is 92.3 Å². The van der Waals surface area contributed by atoms with Crippen molar-refractivity contribution in [1.29, 1.82) is 0 Å². The molecule has 0 fully saturated rings. The molecular formula is C23H20Cl2N2O4S. The van der Waals surface area contributed by atoms with E-state index in [1.807, 2.05) is 0 Å². The number of benzene rings is 3. The summed E-state index contributed by atoms with van der Waals surface area (Å²) in [5, 5.41) is 6.38. The quantitative estimate of drug-likeness (QED) is 0.500. The molecular weight excluding hydrogens is 471 g/mol. The van der Waals surface area contributed by atoms with Crippen molar-refractivity contribution in [3.05, 3.63) is 87.4 Å². The Labute approximate surface area is 196 Å². The summed E-state index contributed by atoms with van der Waals surface area (Å²) in [5.74, 6) is -0.660. The summed E-state index contributed by atoms with van der Waals surface area (Å²) in [7, 11) is -3.42. The van der Waals surface area contributed by atoms with Gasteiger partial charge in [0.05, 0.1) is 21.4 Å². The molecule has 6 nitrogen and oxygen atoms in total. The largest absolute Gasteiger partial charge is 0.326 e. The van der Waals surface area contributed by atoms with Crippen LogP contribution in [0.2, 0.25) is 10.0 Å². The van der Waals surface area contributed by atoms with E-state index in [0.717, 1.165) is 17.4 Å². The van der Waals surface area contributed by atoms with Gasteiger partial charge in [0, 0.05) is 23.2 Å². The monoisotopic (exact) mass is 490 g/mol. The van der Waals surface area contributed by atoms with E-state index in [0.29, 0.717) is 21.4 Å². The Morgan fingerprint density at radius 2 is 1.66 bits per heavy atom. The normalized spacial score (nSPS) is 11.1. The molecule has 3 rings (SSSR count). The third-order valence-corrected chi connectivity index (χ3v) is 6.48. The summed E-state index contributed by atoms with van der Waals surface area (Å²) in [6, 6.07) is 15.9. The maximum absolute atomic E-state index is 12.6. The van der Waals surface area contributed by atoms with E-state index in [1.54, 1.807) is 43.3 Å². The van der Waals surface area contributed by atoms with Gasteiger partial charge in [-0.2, -0.15) is 0 Å². The Hall–Kier alpha value is -2.87. The number of aryl methyl sites for hydroxylation is 1. The Morgan fingerprint density at radius 3 is 2.31 bits per heavy atom. The van der Waals surface area contributed by atoms with Crippen LogP contribution >= 0.6 is 23.2 Å². The number of rotatable bonds is 6. The fourth-order valence-corrected chi connectivity index (χ4v) is 3.97. The van der Waals surface area contributed by atoms with Gasteiger partial charge in [-0.25, -0.2) is 8.42 Å². The van der Waals surface area contributed by atoms with Crippen molar-refractivity contribution in [1.82, 2.24) is 0 Å². The standard InChI is InChI=1S/C23H20Cl2N2O4S/c1-14-10-17(26-22(28)12-15-6-8-19(24)20(25)11-15)7-9-21(14)27-23(29)16-4-3-5-18(13-16)32(2,30)31/h3-11,13H,12H2,1-2H3,(H,26,28)(H,27,29). The molecule has 0 radical (unpaired) electrons. The Morgan fingerprint density at radius 1 is 0.906 bits per heavy atom. The first-order valence-corrected chi connectivity index (χ1v) is 12.1. The first-order valence-electron chi connectivity index (χ1n) is 9.49. The van der Waals surface area contributed by atoms with Crippen LogP contribution in [0.4, 0.5) is 11.4 Å². The molecule has 166 valence electrons. The molecule has 0 aliphatic carbocycles. The fraction of sp³-hybridized carbons (Fsp3) is 0.130. The highest BCUT2D eigenvalue weighted by atomic mass is 35.5. The highest BCUT2D eigenvalue weighted by Gasteiger charge is 2.13. The zero-order valence-electron chi connectivity index (χ0n) is 17.3. The molecule has 0 aliphatic heterocycles. The summed E-state index contributed by atoms with van der Waals surface area (Å²) in [6.07, 6.45) is 1.22. The van der Waals surface area contributed by atoms with Gasteiger partial charge in [0.1, 0.15) is 0 Å². The van der Waals surface area contributed by atoms with Crippen molar-refractivity contribution >= 4 is 56.2 Å². The Balaban J connectivity index is 1.68. The van der Waals surface area contributed by atoms with Crippen molar-refractivity contribution in [2.75, 3.05) is 16.9 Å². The lowest BCUT2D eigenvalue weighted by Crippen LogP contribution is -2.16. The molecule has 0 unspecified atom stereocenters. The minimum atomic E-state index is -3.42. The first kappa shape index (κ1) is 23.8. The Kier molecular flexibility index (Phi) is 7.23. The molecule has 0 saturated heterocycles. The zero-order chi connectivity index (χ0) is 23.5. The number of carbonyl (C=O) groups is 2. The van der Waals surface area contributed by atoms with Crippen molar-refractivity contribution in [3.8, 4) is 0 Å². The van der Waals surface area contributed by atoms with Crippen LogP contribution in [0.3, 0.4) is 0 Å². The number of nitrogens with one attached hydrogen (secondary N) is 2. The Bertz CT molecular complexity index is 1310. The van der Waals surface area contributed by atoms with Crippen LogP contribution in [-0.4, -0.2) is 26.5 Å². The van der Waals surface area contributed by atoms with E-state index in [2.05, 4.69) is 10.6 Å². The number of sulfone groups is 1. The molecule has 9 heteroatoms. The van der Waals surface area contributed by atoms with E-state index >= 15 is 0 Å². The predicted octanol–water partition coefficient (Wildman–Crippen LogP) is 5.14. The van der Waals surface area contributed by atoms with E-state index in [9.17, 15) is 18.0 Å². The van der Waals surface area contributed by atoms with Crippen LogP contribution in [0.5, 0.6) is 0 Å². The van der Waals surface area contributed by atoms with Gasteiger partial charge in [-0.1, -0.05) is 35.3 Å². The van der Waals surface area contributed by atoms with Crippen LogP contribution < -0.4 is 10.6 Å². The minimum absolute atomic E-state index is 0.0712. The van der Waals surface area contributed by atoms with Gasteiger partial charge in [0.15, 0.2) is 9.84 Å². The maximum atomic E-state index is 12.6.